The summed E-state index contributed by atoms with van der Waals surface area (Å²) in [6, 6.07) is 10.4. The Balaban J connectivity index is 1.40. The zero-order chi connectivity index (χ0) is 29.9. The zero-order valence-corrected chi connectivity index (χ0v) is 25.1. The number of phenols is 2. The van der Waals surface area contributed by atoms with Gasteiger partial charge in [-0.05, 0) is 51.0 Å². The molecule has 4 aromatic rings. The van der Waals surface area contributed by atoms with Crippen LogP contribution in [0, 0.1) is 0 Å². The van der Waals surface area contributed by atoms with Gasteiger partial charge in [0.05, 0.1) is 9.75 Å². The first-order valence-corrected chi connectivity index (χ1v) is 15.2. The second kappa shape index (κ2) is 15.3. The molecule has 0 radical (unpaired) electrons. The molecule has 0 unspecified atom stereocenters. The molecule has 0 saturated carbocycles. The number of benzene rings is 2. The van der Waals surface area contributed by atoms with Gasteiger partial charge < -0.3 is 30.2 Å². The number of aromatic nitrogens is 2. The number of thiazole rings is 2. The molecular weight excluding hydrogens is 576 g/mol. The molecule has 2 aromatic carbocycles. The fraction of sp³-hybridized carbons (Fsp3) is 0.357. The number of aliphatic hydroxyl groups excluding tert-OH is 2. The Hall–Kier alpha value is -3.98. The molecule has 2 aromatic heterocycles. The van der Waals surface area contributed by atoms with Gasteiger partial charge in [-0.25, -0.2) is 9.97 Å². The van der Waals surface area contributed by atoms with Crippen molar-refractivity contribution in [2.24, 2.45) is 20.5 Å². The molecule has 0 bridgehead atoms. The third-order valence-electron chi connectivity index (χ3n) is 6.30. The molecule has 42 heavy (non-hydrogen) atoms. The summed E-state index contributed by atoms with van der Waals surface area (Å²) < 4.78 is 0. The Morgan fingerprint density at radius 3 is 1.45 bits per heavy atom. The molecular formula is C28H34N8O4S2. The number of hydrogen-bond donors (Lipinski definition) is 4. The van der Waals surface area contributed by atoms with E-state index < -0.39 is 0 Å². The fourth-order valence-electron chi connectivity index (χ4n) is 4.09. The van der Waals surface area contributed by atoms with E-state index in [9.17, 15) is 10.2 Å². The lowest BCUT2D eigenvalue weighted by atomic mass is 10.2. The van der Waals surface area contributed by atoms with Crippen LogP contribution in [0.2, 0.25) is 0 Å². The molecule has 2 heterocycles. The summed E-state index contributed by atoms with van der Waals surface area (Å²) >= 11 is 2.65. The highest BCUT2D eigenvalue weighted by Gasteiger charge is 2.12. The quantitative estimate of drug-likeness (QED) is 0.105. The van der Waals surface area contributed by atoms with Crippen LogP contribution >= 0.6 is 22.7 Å². The summed E-state index contributed by atoms with van der Waals surface area (Å²) in [6.07, 6.45) is 4.65. The highest BCUT2D eigenvalue weighted by molar-refractivity contribution is 7.25. The summed E-state index contributed by atoms with van der Waals surface area (Å²) in [5.41, 5.74) is 2.36. The number of aliphatic hydroxyl groups is 2. The molecule has 0 aliphatic rings. The first-order valence-electron chi connectivity index (χ1n) is 13.6. The molecule has 0 aliphatic carbocycles. The van der Waals surface area contributed by atoms with Gasteiger partial charge in [-0.15, -0.1) is 20.5 Å². The lowest BCUT2D eigenvalue weighted by Gasteiger charge is -2.23. The molecule has 0 aliphatic heterocycles. The number of nitrogens with zero attached hydrogens (tertiary/aromatic N) is 8. The summed E-state index contributed by atoms with van der Waals surface area (Å²) in [7, 11) is 0. The zero-order valence-electron chi connectivity index (χ0n) is 23.5. The smallest absolute Gasteiger partial charge is 0.230 e. The van der Waals surface area contributed by atoms with E-state index in [1.165, 1.54) is 22.7 Å². The highest BCUT2D eigenvalue weighted by Crippen LogP contribution is 2.39. The molecule has 4 rings (SSSR count). The summed E-state index contributed by atoms with van der Waals surface area (Å²) in [5, 5.41) is 56.7. The predicted molar refractivity (Wildman–Crippen MR) is 167 cm³/mol. The van der Waals surface area contributed by atoms with E-state index >= 15 is 0 Å². The largest absolute Gasteiger partial charge is 0.506 e. The second-order valence-electron chi connectivity index (χ2n) is 9.07. The van der Waals surface area contributed by atoms with Gasteiger partial charge in [0.15, 0.2) is 0 Å². The summed E-state index contributed by atoms with van der Waals surface area (Å²) in [6.45, 7) is 7.15. The lowest BCUT2D eigenvalue weighted by molar-refractivity contribution is 0.289. The molecule has 12 nitrogen and oxygen atoms in total. The molecule has 0 atom stereocenters. The molecule has 0 saturated heterocycles. The predicted octanol–water partition coefficient (Wildman–Crippen LogP) is 6.93. The number of aromatic hydroxyl groups is 2. The van der Waals surface area contributed by atoms with Crippen molar-refractivity contribution >= 4 is 55.7 Å². The van der Waals surface area contributed by atoms with E-state index in [-0.39, 0.29) is 24.7 Å². The molecule has 0 fully saturated rings. The van der Waals surface area contributed by atoms with Crippen molar-refractivity contribution in [3.05, 3.63) is 48.8 Å². The lowest BCUT2D eigenvalue weighted by Crippen LogP contribution is -2.24. The van der Waals surface area contributed by atoms with Crippen molar-refractivity contribution in [3.63, 3.8) is 0 Å². The van der Waals surface area contributed by atoms with Crippen molar-refractivity contribution < 1.29 is 20.4 Å². The third-order valence-corrected chi connectivity index (χ3v) is 8.26. The minimum Gasteiger partial charge on any atom is -0.506 e. The van der Waals surface area contributed by atoms with Crippen molar-refractivity contribution in [2.45, 2.75) is 26.7 Å². The van der Waals surface area contributed by atoms with Gasteiger partial charge in [-0.2, -0.15) is 0 Å². The van der Waals surface area contributed by atoms with Crippen LogP contribution in [0.4, 0.5) is 33.0 Å². The maximum Gasteiger partial charge on any atom is 0.230 e. The SMILES string of the molecule is CCN(CCCO)c1ccc(/N=N/c2ncc(-c3cnc(/N=N/c4ccc(N(CC)CCCO)cc4O)s3)s2)c(O)c1. The van der Waals surface area contributed by atoms with E-state index in [1.807, 2.05) is 26.0 Å². The van der Waals surface area contributed by atoms with E-state index in [4.69, 9.17) is 10.2 Å². The first kappa shape index (κ1) is 31.0. The second-order valence-corrected chi connectivity index (χ2v) is 11.1. The normalized spacial score (nSPS) is 11.6. The number of phenolic OH excluding ortho intramolecular Hbond substituents is 2. The molecule has 0 spiro atoms. The van der Waals surface area contributed by atoms with Crippen molar-refractivity contribution in [2.75, 3.05) is 49.2 Å². The maximum atomic E-state index is 10.5. The van der Waals surface area contributed by atoms with Gasteiger partial charge >= 0.3 is 0 Å². The maximum absolute atomic E-state index is 10.5. The Morgan fingerprint density at radius 1 is 0.667 bits per heavy atom. The molecule has 222 valence electrons. The summed E-state index contributed by atoms with van der Waals surface area (Å²) in [5.74, 6) is 0.0241. The van der Waals surface area contributed by atoms with Gasteiger partial charge in [0.2, 0.25) is 10.3 Å². The number of hydrogen-bond acceptors (Lipinski definition) is 14. The standard InChI is InChI=1S/C28H34N8O4S2/c1-3-35(11-5-13-37)19-7-9-21(23(39)15-19)31-33-27-29-17-25(41-27)26-18-30-28(42-26)34-32-22-10-8-20(16-24(22)40)36(4-2)12-6-14-38/h7-10,15-18,37-40H,3-6,11-14H2,1-2H3/b33-31+,34-32+. The highest BCUT2D eigenvalue weighted by atomic mass is 32.1. The van der Waals surface area contributed by atoms with E-state index in [0.29, 0.717) is 47.6 Å². The van der Waals surface area contributed by atoms with E-state index in [1.54, 1.807) is 36.7 Å². The van der Waals surface area contributed by atoms with Crippen LogP contribution in [0.3, 0.4) is 0 Å². The van der Waals surface area contributed by atoms with E-state index in [2.05, 4.69) is 40.2 Å². The topological polar surface area (TPSA) is 163 Å². The molecule has 4 N–H and O–H groups in total. The van der Waals surface area contributed by atoms with Crippen molar-refractivity contribution in [1.29, 1.82) is 0 Å². The van der Waals surface area contributed by atoms with Crippen LogP contribution in [0.5, 0.6) is 11.5 Å². The molecule has 0 amide bonds. The van der Waals surface area contributed by atoms with Crippen LogP contribution < -0.4 is 9.80 Å². The monoisotopic (exact) mass is 610 g/mol. The van der Waals surface area contributed by atoms with Crippen LogP contribution in [0.1, 0.15) is 26.7 Å². The minimum atomic E-state index is 0.0120. The van der Waals surface area contributed by atoms with Crippen LogP contribution in [-0.4, -0.2) is 69.8 Å². The van der Waals surface area contributed by atoms with Crippen molar-refractivity contribution in [1.82, 2.24) is 9.97 Å². The van der Waals surface area contributed by atoms with Crippen molar-refractivity contribution in [3.8, 4) is 21.3 Å². The third kappa shape index (κ3) is 8.06. The first-order chi connectivity index (χ1) is 20.4. The minimum absolute atomic E-state index is 0.0120. The van der Waals surface area contributed by atoms with Crippen LogP contribution in [0.25, 0.3) is 9.75 Å². The van der Waals surface area contributed by atoms with Gasteiger partial charge in [-0.1, -0.05) is 22.7 Å². The number of rotatable bonds is 15. The van der Waals surface area contributed by atoms with Gasteiger partial charge in [0, 0.05) is 75.3 Å². The van der Waals surface area contributed by atoms with Gasteiger partial charge in [-0.3, -0.25) is 0 Å². The molecule has 14 heteroatoms. The Morgan fingerprint density at radius 2 is 1.10 bits per heavy atom. The van der Waals surface area contributed by atoms with Crippen LogP contribution in [-0.2, 0) is 0 Å². The number of anilines is 2. The fourth-order valence-corrected chi connectivity index (χ4v) is 5.63. The van der Waals surface area contributed by atoms with Crippen LogP contribution in [0.15, 0.2) is 69.2 Å². The average molecular weight is 611 g/mol. The van der Waals surface area contributed by atoms with E-state index in [0.717, 1.165) is 34.2 Å². The summed E-state index contributed by atoms with van der Waals surface area (Å²) in [4.78, 5) is 14.4. The van der Waals surface area contributed by atoms with Gasteiger partial charge in [0.1, 0.15) is 22.9 Å². The Bertz CT molecular complexity index is 1400. The Labute approximate surface area is 252 Å². The Kier molecular flexibility index (Phi) is 11.3. The number of azo groups is 2. The van der Waals surface area contributed by atoms with Gasteiger partial charge in [0.25, 0.3) is 0 Å². The average Bonchev–Trinajstić information content (AvgIpc) is 3.67.